The molecule has 8 heteroatoms. The number of hydrogen-bond acceptors (Lipinski definition) is 7. The third kappa shape index (κ3) is 4.03. The molecule has 0 radical (unpaired) electrons. The number of benzene rings is 2. The topological polar surface area (TPSA) is 88.3 Å². The van der Waals surface area contributed by atoms with Gasteiger partial charge in [-0.05, 0) is 43.4 Å². The van der Waals surface area contributed by atoms with Crippen LogP contribution in [0.5, 0.6) is 0 Å². The first kappa shape index (κ1) is 21.7. The number of para-hydroxylation sites is 2. The molecule has 1 spiro atoms. The van der Waals surface area contributed by atoms with E-state index >= 15 is 0 Å². The van der Waals surface area contributed by atoms with Gasteiger partial charge in [-0.25, -0.2) is 4.98 Å². The molecule has 0 aliphatic carbocycles. The zero-order chi connectivity index (χ0) is 23.8. The van der Waals surface area contributed by atoms with Crippen LogP contribution in [0.2, 0.25) is 0 Å². The first-order valence-electron chi connectivity index (χ1n) is 12.3. The number of carbonyl (C=O) groups is 1. The van der Waals surface area contributed by atoms with E-state index in [1.54, 1.807) is 6.92 Å². The molecule has 0 saturated carbocycles. The van der Waals surface area contributed by atoms with Crippen LogP contribution in [0.3, 0.4) is 0 Å². The molecule has 4 heterocycles. The molecular weight excluding hydrogens is 440 g/mol. The maximum Gasteiger partial charge on any atom is 0.229 e. The Balaban J connectivity index is 1.18. The summed E-state index contributed by atoms with van der Waals surface area (Å²) in [5.74, 6) is 2.27. The van der Waals surface area contributed by atoms with Gasteiger partial charge in [0, 0.05) is 38.7 Å². The molecule has 2 aromatic heterocycles. The Morgan fingerprint density at radius 2 is 1.71 bits per heavy atom. The molecule has 178 valence electrons. The molecule has 8 nitrogen and oxygen atoms in total. The number of rotatable bonds is 4. The van der Waals surface area contributed by atoms with Crippen molar-refractivity contribution in [2.24, 2.45) is 5.41 Å². The quantitative estimate of drug-likeness (QED) is 0.439. The largest absolute Gasteiger partial charge is 0.355 e. The Kier molecular flexibility index (Phi) is 5.43. The van der Waals surface area contributed by atoms with Gasteiger partial charge in [0.1, 0.15) is 5.82 Å². The van der Waals surface area contributed by atoms with Crippen LogP contribution in [0.4, 0.5) is 5.82 Å². The van der Waals surface area contributed by atoms with E-state index in [-0.39, 0.29) is 11.3 Å². The van der Waals surface area contributed by atoms with E-state index in [1.165, 1.54) is 0 Å². The van der Waals surface area contributed by atoms with Gasteiger partial charge < -0.3 is 14.3 Å². The molecule has 2 aromatic carbocycles. The lowest BCUT2D eigenvalue weighted by atomic mass is 9.71. The van der Waals surface area contributed by atoms with Crippen molar-refractivity contribution in [3.8, 4) is 11.4 Å². The molecule has 0 unspecified atom stereocenters. The van der Waals surface area contributed by atoms with Gasteiger partial charge >= 0.3 is 0 Å². The number of fused-ring (bicyclic) bond motifs is 1. The Labute approximate surface area is 204 Å². The predicted octanol–water partition coefficient (Wildman–Crippen LogP) is 4.40. The average molecular weight is 469 g/mol. The molecule has 2 aliphatic rings. The number of carbonyl (C=O) groups excluding carboxylic acids is 1. The fourth-order valence-electron chi connectivity index (χ4n) is 5.52. The van der Waals surface area contributed by atoms with Crippen LogP contribution in [0.25, 0.3) is 22.4 Å². The summed E-state index contributed by atoms with van der Waals surface area (Å²) in [5.41, 5.74) is 3.47. The third-order valence-electron chi connectivity index (χ3n) is 7.45. The molecule has 4 aromatic rings. The fraction of sp³-hybridized carbons (Fsp3) is 0.370. The van der Waals surface area contributed by atoms with Crippen molar-refractivity contribution in [2.75, 3.05) is 24.5 Å². The van der Waals surface area contributed by atoms with Crippen LogP contribution in [-0.2, 0) is 11.3 Å². The van der Waals surface area contributed by atoms with Crippen molar-refractivity contribution in [1.82, 2.24) is 25.0 Å². The minimum absolute atomic E-state index is 0.270. The van der Waals surface area contributed by atoms with Gasteiger partial charge in [0.2, 0.25) is 17.6 Å². The predicted molar refractivity (Wildman–Crippen MR) is 133 cm³/mol. The second-order valence-electron chi connectivity index (χ2n) is 9.61. The lowest BCUT2D eigenvalue weighted by molar-refractivity contribution is -0.148. The highest BCUT2D eigenvalue weighted by Crippen LogP contribution is 2.42. The molecule has 0 bridgehead atoms. The summed E-state index contributed by atoms with van der Waals surface area (Å²) in [6, 6.07) is 15.9. The minimum Gasteiger partial charge on any atom is -0.355 e. The lowest BCUT2D eigenvalue weighted by Gasteiger charge is -2.46. The zero-order valence-electron chi connectivity index (χ0n) is 19.9. The van der Waals surface area contributed by atoms with Crippen molar-refractivity contribution in [3.05, 3.63) is 66.2 Å². The summed E-state index contributed by atoms with van der Waals surface area (Å²) in [4.78, 5) is 31.9. The van der Waals surface area contributed by atoms with Crippen molar-refractivity contribution in [2.45, 2.75) is 39.2 Å². The van der Waals surface area contributed by atoms with Crippen LogP contribution in [-0.4, -0.2) is 50.5 Å². The number of aromatic nitrogens is 4. The molecule has 2 aliphatic heterocycles. The molecule has 0 N–H and O–H groups in total. The minimum atomic E-state index is -0.295. The summed E-state index contributed by atoms with van der Waals surface area (Å²) < 4.78 is 5.19. The van der Waals surface area contributed by atoms with Crippen LogP contribution in [0.1, 0.15) is 37.1 Å². The second kappa shape index (κ2) is 8.76. The molecule has 2 fully saturated rings. The van der Waals surface area contributed by atoms with Crippen molar-refractivity contribution in [3.63, 3.8) is 0 Å². The van der Waals surface area contributed by atoms with Crippen LogP contribution in [0.15, 0.2) is 59.3 Å². The summed E-state index contributed by atoms with van der Waals surface area (Å²) in [7, 11) is 0. The molecule has 2 saturated heterocycles. The van der Waals surface area contributed by atoms with Crippen LogP contribution >= 0.6 is 0 Å². The van der Waals surface area contributed by atoms with E-state index < -0.39 is 0 Å². The Hall–Kier alpha value is -3.81. The SMILES string of the molecule is Cc1nc(-c2ccccc2CN2CCCC3(CCN(c4cnc5ccccc5n4)CC3)C2=O)no1. The monoisotopic (exact) mass is 468 g/mol. The number of piperidine rings is 2. The van der Waals surface area contributed by atoms with Gasteiger partial charge in [0.15, 0.2) is 0 Å². The van der Waals surface area contributed by atoms with E-state index in [0.717, 1.165) is 73.3 Å². The number of anilines is 1. The lowest BCUT2D eigenvalue weighted by Crippen LogP contribution is -2.53. The highest BCUT2D eigenvalue weighted by atomic mass is 16.5. The number of nitrogens with zero attached hydrogens (tertiary/aromatic N) is 6. The van der Waals surface area contributed by atoms with Crippen LogP contribution < -0.4 is 4.90 Å². The summed E-state index contributed by atoms with van der Waals surface area (Å²) in [6.45, 7) is 4.74. The fourth-order valence-corrected chi connectivity index (χ4v) is 5.52. The highest BCUT2D eigenvalue weighted by molar-refractivity contribution is 5.84. The molecule has 1 amide bonds. The number of aryl methyl sites for hydroxylation is 1. The third-order valence-corrected chi connectivity index (χ3v) is 7.45. The first-order chi connectivity index (χ1) is 17.1. The maximum atomic E-state index is 13.8. The zero-order valence-corrected chi connectivity index (χ0v) is 19.9. The molecular formula is C27H28N6O2. The maximum absolute atomic E-state index is 13.8. The van der Waals surface area contributed by atoms with Crippen LogP contribution in [0, 0.1) is 12.3 Å². The Bertz CT molecular complexity index is 1370. The number of amides is 1. The number of hydrogen-bond donors (Lipinski definition) is 0. The van der Waals surface area contributed by atoms with Gasteiger partial charge in [0.05, 0.1) is 22.6 Å². The Morgan fingerprint density at radius 3 is 2.51 bits per heavy atom. The van der Waals surface area contributed by atoms with Gasteiger partial charge in [-0.3, -0.25) is 9.78 Å². The standard InChI is InChI=1S/C27H28N6O2/c1-19-29-25(31-35-19)21-8-3-2-7-20(21)18-33-14-6-11-27(26(33)34)12-15-32(16-13-27)24-17-28-22-9-4-5-10-23(22)30-24/h2-5,7-10,17H,6,11-16,18H2,1H3. The number of likely N-dealkylation sites (tertiary alicyclic amines) is 1. The van der Waals surface area contributed by atoms with Crippen molar-refractivity contribution in [1.29, 1.82) is 0 Å². The second-order valence-corrected chi connectivity index (χ2v) is 9.61. The average Bonchev–Trinajstić information content (AvgIpc) is 3.33. The summed E-state index contributed by atoms with van der Waals surface area (Å²) in [5, 5.41) is 4.09. The molecule has 35 heavy (non-hydrogen) atoms. The summed E-state index contributed by atoms with van der Waals surface area (Å²) >= 11 is 0. The van der Waals surface area contributed by atoms with Crippen molar-refractivity contribution < 1.29 is 9.32 Å². The van der Waals surface area contributed by atoms with E-state index in [2.05, 4.69) is 26.1 Å². The first-order valence-corrected chi connectivity index (χ1v) is 12.3. The summed E-state index contributed by atoms with van der Waals surface area (Å²) in [6.07, 6.45) is 5.49. The van der Waals surface area contributed by atoms with Gasteiger partial charge in [-0.2, -0.15) is 4.98 Å². The molecule has 6 rings (SSSR count). The van der Waals surface area contributed by atoms with E-state index in [4.69, 9.17) is 9.51 Å². The van der Waals surface area contributed by atoms with Gasteiger partial charge in [-0.1, -0.05) is 41.6 Å². The van der Waals surface area contributed by atoms with E-state index in [0.29, 0.717) is 18.3 Å². The normalized spacial score (nSPS) is 17.9. The highest BCUT2D eigenvalue weighted by Gasteiger charge is 2.45. The van der Waals surface area contributed by atoms with Gasteiger partial charge in [-0.15, -0.1) is 0 Å². The van der Waals surface area contributed by atoms with E-state index in [1.807, 2.05) is 53.6 Å². The molecule has 0 atom stereocenters. The van der Waals surface area contributed by atoms with Gasteiger partial charge in [0.25, 0.3) is 0 Å². The van der Waals surface area contributed by atoms with E-state index in [9.17, 15) is 4.79 Å². The Morgan fingerprint density at radius 1 is 0.943 bits per heavy atom. The van der Waals surface area contributed by atoms with Crippen molar-refractivity contribution >= 4 is 22.8 Å². The smallest absolute Gasteiger partial charge is 0.229 e.